The lowest BCUT2D eigenvalue weighted by Gasteiger charge is -2.25. The molecule has 3 atom stereocenters. The van der Waals surface area contributed by atoms with Crippen molar-refractivity contribution >= 4 is 23.9 Å². The fraction of sp³-hybridized carbons (Fsp3) is 0.412. The Kier molecular flexibility index (Phi) is 6.29. The maximum atomic E-state index is 12.4. The summed E-state index contributed by atoms with van der Waals surface area (Å²) in [6.07, 6.45) is 0.735. The molecule has 9 heteroatoms. The lowest BCUT2D eigenvalue weighted by atomic mass is 10.0. The predicted molar refractivity (Wildman–Crippen MR) is 90.5 cm³/mol. The molecule has 26 heavy (non-hydrogen) atoms. The molecule has 0 aliphatic carbocycles. The van der Waals surface area contributed by atoms with Crippen molar-refractivity contribution in [3.63, 3.8) is 0 Å². The third kappa shape index (κ3) is 4.57. The Bertz CT molecular complexity index is 693. The van der Waals surface area contributed by atoms with Crippen LogP contribution in [0.25, 0.3) is 0 Å². The van der Waals surface area contributed by atoms with Crippen LogP contribution in [0.3, 0.4) is 0 Å². The second-order valence-corrected chi connectivity index (χ2v) is 6.05. The quantitative estimate of drug-likeness (QED) is 0.512. The number of hydrogen-bond acceptors (Lipinski definition) is 5. The number of hydrogen-bond donors (Lipinski definition) is 4. The number of carbonyl (C=O) groups is 4. The van der Waals surface area contributed by atoms with Crippen molar-refractivity contribution in [3.8, 4) is 0 Å². The predicted octanol–water partition coefficient (Wildman–Crippen LogP) is 0.0555. The normalized spacial score (nSPS) is 18.9. The average molecular weight is 363 g/mol. The summed E-state index contributed by atoms with van der Waals surface area (Å²) in [6, 6.07) is 5.17. The Morgan fingerprint density at radius 1 is 1.27 bits per heavy atom. The second kappa shape index (κ2) is 8.43. The number of imide groups is 1. The average Bonchev–Trinajstić information content (AvgIpc) is 3.00. The number of benzene rings is 1. The highest BCUT2D eigenvalue weighted by atomic mass is 16.4. The van der Waals surface area contributed by atoms with Crippen LogP contribution in [0.2, 0.25) is 0 Å². The minimum Gasteiger partial charge on any atom is -0.480 e. The summed E-state index contributed by atoms with van der Waals surface area (Å²) >= 11 is 0. The lowest BCUT2D eigenvalue weighted by Crippen LogP contribution is -2.54. The molecule has 1 aliphatic heterocycles. The molecule has 1 aromatic rings. The molecule has 0 saturated carbocycles. The van der Waals surface area contributed by atoms with E-state index >= 15 is 0 Å². The highest BCUT2D eigenvalue weighted by molar-refractivity contribution is 6.02. The third-order valence-corrected chi connectivity index (χ3v) is 4.18. The summed E-state index contributed by atoms with van der Waals surface area (Å²) in [4.78, 5) is 47.5. The van der Waals surface area contributed by atoms with Crippen LogP contribution in [0.4, 0.5) is 4.79 Å². The van der Waals surface area contributed by atoms with Crippen LogP contribution in [0.15, 0.2) is 30.3 Å². The number of aryl methyl sites for hydroxylation is 1. The van der Waals surface area contributed by atoms with Gasteiger partial charge in [0.05, 0.1) is 12.6 Å². The van der Waals surface area contributed by atoms with E-state index in [-0.39, 0.29) is 13.0 Å². The van der Waals surface area contributed by atoms with Crippen molar-refractivity contribution in [1.82, 2.24) is 15.5 Å². The smallest absolute Gasteiger partial charge is 0.328 e. The van der Waals surface area contributed by atoms with Gasteiger partial charge in [-0.15, -0.1) is 0 Å². The Morgan fingerprint density at radius 2 is 1.92 bits per heavy atom. The molecule has 140 valence electrons. The van der Waals surface area contributed by atoms with Crippen LogP contribution in [0.1, 0.15) is 18.9 Å². The van der Waals surface area contributed by atoms with Gasteiger partial charge in [-0.05, 0) is 25.3 Å². The summed E-state index contributed by atoms with van der Waals surface area (Å²) in [5, 5.41) is 23.5. The fourth-order valence-corrected chi connectivity index (χ4v) is 2.77. The number of amides is 3. The van der Waals surface area contributed by atoms with Crippen molar-refractivity contribution in [2.75, 3.05) is 6.54 Å². The summed E-state index contributed by atoms with van der Waals surface area (Å²) in [6.45, 7) is 1.23. The first kappa shape index (κ1) is 19.4. The van der Waals surface area contributed by atoms with E-state index in [2.05, 4.69) is 10.6 Å². The third-order valence-electron chi connectivity index (χ3n) is 4.18. The molecule has 3 amide bonds. The number of aliphatic carboxylic acids is 2. The number of carboxylic acid groups (broad SMARTS) is 2. The molecular formula is C17H21N3O6. The lowest BCUT2D eigenvalue weighted by molar-refractivity contribution is -0.147. The Morgan fingerprint density at radius 3 is 2.50 bits per heavy atom. The first-order valence-corrected chi connectivity index (χ1v) is 8.17. The van der Waals surface area contributed by atoms with E-state index in [9.17, 15) is 24.3 Å². The standard InChI is InChI=1S/C17H21N3O6/c1-10(14(21)20-13(16(24)25)9-18-17(20)26)19-12(15(22)23)8-7-11-5-3-2-4-6-11/h2-6,10,12-13,19H,7-9H2,1H3,(H,18,26)(H,22,23)(H,24,25)/t10-,12-,13-/m1/s1. The van der Waals surface area contributed by atoms with Crippen molar-refractivity contribution in [2.24, 2.45) is 0 Å². The monoisotopic (exact) mass is 363 g/mol. The first-order valence-electron chi connectivity index (χ1n) is 8.17. The Hall–Kier alpha value is -2.94. The molecule has 0 aromatic heterocycles. The maximum Gasteiger partial charge on any atom is 0.328 e. The molecule has 9 nitrogen and oxygen atoms in total. The molecule has 1 saturated heterocycles. The van der Waals surface area contributed by atoms with Gasteiger partial charge in [0.2, 0.25) is 5.91 Å². The summed E-state index contributed by atoms with van der Waals surface area (Å²) < 4.78 is 0. The molecule has 1 heterocycles. The van der Waals surface area contributed by atoms with Crippen LogP contribution in [0.5, 0.6) is 0 Å². The van der Waals surface area contributed by atoms with Crippen LogP contribution in [-0.2, 0) is 20.8 Å². The molecular weight excluding hydrogens is 342 g/mol. The highest BCUT2D eigenvalue weighted by Crippen LogP contribution is 2.11. The molecule has 1 fully saturated rings. The number of nitrogens with one attached hydrogen (secondary N) is 2. The highest BCUT2D eigenvalue weighted by Gasteiger charge is 2.42. The van der Waals surface area contributed by atoms with E-state index in [1.165, 1.54) is 6.92 Å². The molecule has 0 bridgehead atoms. The zero-order valence-electron chi connectivity index (χ0n) is 14.2. The van der Waals surface area contributed by atoms with Crippen molar-refractivity contribution in [2.45, 2.75) is 37.9 Å². The van der Waals surface area contributed by atoms with Gasteiger partial charge in [-0.1, -0.05) is 30.3 Å². The van der Waals surface area contributed by atoms with Gasteiger partial charge in [0.25, 0.3) is 0 Å². The molecule has 0 unspecified atom stereocenters. The Balaban J connectivity index is 2.01. The minimum absolute atomic E-state index is 0.178. The van der Waals surface area contributed by atoms with Crippen LogP contribution >= 0.6 is 0 Å². The number of rotatable bonds is 8. The van der Waals surface area contributed by atoms with E-state index < -0.39 is 42.0 Å². The molecule has 0 radical (unpaired) electrons. The van der Waals surface area contributed by atoms with Gasteiger partial charge < -0.3 is 15.5 Å². The number of nitrogens with zero attached hydrogens (tertiary/aromatic N) is 1. The number of urea groups is 1. The van der Waals surface area contributed by atoms with Gasteiger partial charge in [0.1, 0.15) is 6.04 Å². The topological polar surface area (TPSA) is 136 Å². The zero-order chi connectivity index (χ0) is 19.3. The zero-order valence-corrected chi connectivity index (χ0v) is 14.2. The van der Waals surface area contributed by atoms with Gasteiger partial charge in [0, 0.05) is 0 Å². The van der Waals surface area contributed by atoms with Gasteiger partial charge >= 0.3 is 18.0 Å². The van der Waals surface area contributed by atoms with Gasteiger partial charge in [-0.2, -0.15) is 0 Å². The van der Waals surface area contributed by atoms with E-state index in [1.54, 1.807) is 0 Å². The SMILES string of the molecule is C[C@@H](N[C@H](CCc1ccccc1)C(=O)O)C(=O)N1C(=O)NC[C@@H]1C(=O)O. The molecule has 1 aliphatic rings. The summed E-state index contributed by atoms with van der Waals surface area (Å²) in [5.41, 5.74) is 0.962. The van der Waals surface area contributed by atoms with E-state index in [1.807, 2.05) is 30.3 Å². The van der Waals surface area contributed by atoms with Crippen molar-refractivity contribution in [1.29, 1.82) is 0 Å². The molecule has 0 spiro atoms. The summed E-state index contributed by atoms with van der Waals surface area (Å²) in [7, 11) is 0. The first-order chi connectivity index (χ1) is 12.3. The van der Waals surface area contributed by atoms with Gasteiger partial charge in [-0.3, -0.25) is 14.9 Å². The van der Waals surface area contributed by atoms with Crippen molar-refractivity contribution in [3.05, 3.63) is 35.9 Å². The minimum atomic E-state index is -1.30. The largest absolute Gasteiger partial charge is 0.480 e. The van der Waals surface area contributed by atoms with E-state index in [0.717, 1.165) is 5.56 Å². The molecule has 1 aromatic carbocycles. The number of carbonyl (C=O) groups excluding carboxylic acids is 2. The number of carboxylic acids is 2. The Labute approximate surface area is 150 Å². The van der Waals surface area contributed by atoms with Crippen molar-refractivity contribution < 1.29 is 29.4 Å². The maximum absolute atomic E-state index is 12.4. The van der Waals surface area contributed by atoms with E-state index in [4.69, 9.17) is 5.11 Å². The molecule has 2 rings (SSSR count). The van der Waals surface area contributed by atoms with Crippen LogP contribution in [-0.4, -0.2) is 63.7 Å². The molecule has 4 N–H and O–H groups in total. The fourth-order valence-electron chi connectivity index (χ4n) is 2.77. The second-order valence-electron chi connectivity index (χ2n) is 6.05. The summed E-state index contributed by atoms with van der Waals surface area (Å²) in [5.74, 6) is -3.21. The van der Waals surface area contributed by atoms with E-state index in [0.29, 0.717) is 11.3 Å². The van der Waals surface area contributed by atoms with Gasteiger partial charge in [-0.25, -0.2) is 14.5 Å². The van der Waals surface area contributed by atoms with Crippen LogP contribution in [0, 0.1) is 0 Å². The van der Waals surface area contributed by atoms with Gasteiger partial charge in [0.15, 0.2) is 6.04 Å². The van der Waals surface area contributed by atoms with Crippen LogP contribution < -0.4 is 10.6 Å².